The van der Waals surface area contributed by atoms with Gasteiger partial charge in [0.15, 0.2) is 0 Å². The Balaban J connectivity index is 1.54. The highest BCUT2D eigenvalue weighted by molar-refractivity contribution is 5.29. The summed E-state index contributed by atoms with van der Waals surface area (Å²) in [6.45, 7) is 12.2. The zero-order valence-corrected chi connectivity index (χ0v) is 19.7. The second kappa shape index (κ2) is 7.97. The predicted octanol–water partition coefficient (Wildman–Crippen LogP) is 6.36. The summed E-state index contributed by atoms with van der Waals surface area (Å²) < 4.78 is 0. The molecule has 3 fully saturated rings. The monoisotopic (exact) mass is 402 g/mol. The molecule has 2 nitrogen and oxygen atoms in total. The van der Waals surface area contributed by atoms with Crippen LogP contribution in [0.5, 0.6) is 0 Å². The summed E-state index contributed by atoms with van der Waals surface area (Å²) in [5.41, 5.74) is 2.24. The van der Waals surface area contributed by atoms with Crippen molar-refractivity contribution in [2.24, 2.45) is 46.3 Å². The van der Waals surface area contributed by atoms with E-state index in [0.717, 1.165) is 37.0 Å². The van der Waals surface area contributed by atoms with Crippen LogP contribution >= 0.6 is 0 Å². The molecule has 2 N–H and O–H groups in total. The number of hydrogen-bond donors (Lipinski definition) is 2. The van der Waals surface area contributed by atoms with Crippen LogP contribution in [-0.4, -0.2) is 22.4 Å². The lowest BCUT2D eigenvalue weighted by molar-refractivity contribution is -0.0835. The highest BCUT2D eigenvalue weighted by Gasteiger charge is 2.59. The van der Waals surface area contributed by atoms with Gasteiger partial charge in [-0.15, -0.1) is 0 Å². The van der Waals surface area contributed by atoms with Crippen LogP contribution in [0.25, 0.3) is 0 Å². The van der Waals surface area contributed by atoms with Gasteiger partial charge < -0.3 is 10.2 Å². The summed E-state index contributed by atoms with van der Waals surface area (Å²) in [4.78, 5) is 0. The summed E-state index contributed by atoms with van der Waals surface area (Å²) >= 11 is 0. The molecule has 4 rings (SSSR count). The maximum Gasteiger partial charge on any atom is 0.0758 e. The molecule has 29 heavy (non-hydrogen) atoms. The molecule has 0 amide bonds. The smallest absolute Gasteiger partial charge is 0.0758 e. The number of aliphatic hydroxyl groups is 2. The van der Waals surface area contributed by atoms with Crippen molar-refractivity contribution in [3.63, 3.8) is 0 Å². The fraction of sp³-hybridized carbons (Fsp3) is 0.926. The van der Waals surface area contributed by atoms with Crippen molar-refractivity contribution in [3.8, 4) is 0 Å². The minimum Gasteiger partial charge on any atom is -0.393 e. The zero-order chi connectivity index (χ0) is 21.0. The number of allylic oxidation sites excluding steroid dienone is 1. The second-order valence-corrected chi connectivity index (χ2v) is 12.3. The van der Waals surface area contributed by atoms with Gasteiger partial charge in [-0.2, -0.15) is 0 Å². The van der Waals surface area contributed by atoms with Crippen molar-refractivity contribution in [1.29, 1.82) is 0 Å². The van der Waals surface area contributed by atoms with E-state index in [0.29, 0.717) is 17.3 Å². The first-order valence-electron chi connectivity index (χ1n) is 12.7. The van der Waals surface area contributed by atoms with Crippen LogP contribution in [0.4, 0.5) is 0 Å². The van der Waals surface area contributed by atoms with Crippen molar-refractivity contribution in [3.05, 3.63) is 11.6 Å². The summed E-state index contributed by atoms with van der Waals surface area (Å²) in [5, 5.41) is 21.3. The minimum absolute atomic E-state index is 0.186. The molecule has 0 aliphatic heterocycles. The first-order chi connectivity index (χ1) is 13.7. The number of fused-ring (bicyclic) bond motifs is 5. The lowest BCUT2D eigenvalue weighted by Gasteiger charge is -2.58. The summed E-state index contributed by atoms with van der Waals surface area (Å²) in [5.74, 6) is 4.05. The minimum atomic E-state index is -0.355. The van der Waals surface area contributed by atoms with Crippen molar-refractivity contribution in [2.45, 2.75) is 111 Å². The van der Waals surface area contributed by atoms with Gasteiger partial charge in [0.2, 0.25) is 0 Å². The van der Waals surface area contributed by atoms with Crippen LogP contribution in [0.15, 0.2) is 11.6 Å². The van der Waals surface area contributed by atoms with Gasteiger partial charge >= 0.3 is 0 Å². The molecule has 166 valence electrons. The standard InChI is InChI=1S/C27H46O2/c1-17(2)7-6-8-18(3)21-9-10-22-20-16-25(29)24-15-19(28)11-13-27(24,5)23(20)12-14-26(21,22)4/h16-19,21-25,28-29H,6-15H2,1-5H3/t18-,19+,21-,22?,23?,24-,25+,26-,27-/m1/s1. The highest BCUT2D eigenvalue weighted by Crippen LogP contribution is 2.66. The lowest BCUT2D eigenvalue weighted by Crippen LogP contribution is -2.53. The third-order valence-corrected chi connectivity index (χ3v) is 10.3. The van der Waals surface area contributed by atoms with Crippen molar-refractivity contribution in [1.82, 2.24) is 0 Å². The molecule has 4 aliphatic rings. The van der Waals surface area contributed by atoms with E-state index in [-0.39, 0.29) is 23.5 Å². The fourth-order valence-electron chi connectivity index (χ4n) is 8.58. The first-order valence-corrected chi connectivity index (χ1v) is 12.7. The Morgan fingerprint density at radius 3 is 2.34 bits per heavy atom. The van der Waals surface area contributed by atoms with E-state index < -0.39 is 0 Å². The Bertz CT molecular complexity index is 624. The number of hydrogen-bond acceptors (Lipinski definition) is 2. The summed E-state index contributed by atoms with van der Waals surface area (Å²) in [6, 6.07) is 0. The van der Waals surface area contributed by atoms with Crippen LogP contribution in [0, 0.1) is 46.3 Å². The Hall–Kier alpha value is -0.340. The first kappa shape index (κ1) is 21.9. The second-order valence-electron chi connectivity index (χ2n) is 12.3. The molecule has 9 atom stereocenters. The molecule has 0 aromatic carbocycles. The van der Waals surface area contributed by atoms with Gasteiger partial charge in [0.1, 0.15) is 0 Å². The van der Waals surface area contributed by atoms with Gasteiger partial charge in [-0.25, -0.2) is 0 Å². The van der Waals surface area contributed by atoms with Gasteiger partial charge in [-0.1, -0.05) is 65.5 Å². The molecule has 2 heteroatoms. The SMILES string of the molecule is CC(C)CCC[C@@H](C)[C@H]1CCC2C3=C[C@H](O)[C@H]4C[C@@H](O)CC[C@]4(C)C3CC[C@@]21C. The van der Waals surface area contributed by atoms with Crippen LogP contribution in [0.2, 0.25) is 0 Å². The molecule has 0 aromatic rings. The summed E-state index contributed by atoms with van der Waals surface area (Å²) in [6.07, 6.45) is 14.0. The van der Waals surface area contributed by atoms with Crippen LogP contribution in [0.1, 0.15) is 98.8 Å². The molecule has 0 aromatic heterocycles. The zero-order valence-electron chi connectivity index (χ0n) is 19.7. The molecule has 4 aliphatic carbocycles. The van der Waals surface area contributed by atoms with Gasteiger partial charge in [0.05, 0.1) is 12.2 Å². The van der Waals surface area contributed by atoms with E-state index in [2.05, 4.69) is 40.7 Å². The highest BCUT2D eigenvalue weighted by atomic mass is 16.3. The van der Waals surface area contributed by atoms with Gasteiger partial charge in [0.25, 0.3) is 0 Å². The van der Waals surface area contributed by atoms with Crippen molar-refractivity contribution in [2.75, 3.05) is 0 Å². The van der Waals surface area contributed by atoms with Crippen LogP contribution in [0.3, 0.4) is 0 Å². The molecule has 0 saturated heterocycles. The van der Waals surface area contributed by atoms with Gasteiger partial charge in [-0.3, -0.25) is 0 Å². The Kier molecular flexibility index (Phi) is 6.01. The Morgan fingerprint density at radius 1 is 0.931 bits per heavy atom. The third-order valence-electron chi connectivity index (χ3n) is 10.3. The molecular formula is C27H46O2. The Labute approximate surface area is 179 Å². The average Bonchev–Trinajstić information content (AvgIpc) is 3.00. The largest absolute Gasteiger partial charge is 0.393 e. The molecule has 0 heterocycles. The molecule has 3 saturated carbocycles. The molecule has 0 radical (unpaired) electrons. The Morgan fingerprint density at radius 2 is 1.62 bits per heavy atom. The van der Waals surface area contributed by atoms with E-state index in [1.807, 2.05) is 0 Å². The number of aliphatic hydroxyl groups excluding tert-OH is 2. The molecule has 0 spiro atoms. The molecular weight excluding hydrogens is 356 g/mol. The maximum atomic E-state index is 11.1. The van der Waals surface area contributed by atoms with Crippen molar-refractivity contribution >= 4 is 0 Å². The van der Waals surface area contributed by atoms with E-state index in [1.165, 1.54) is 44.9 Å². The van der Waals surface area contributed by atoms with E-state index in [1.54, 1.807) is 5.57 Å². The summed E-state index contributed by atoms with van der Waals surface area (Å²) in [7, 11) is 0. The van der Waals surface area contributed by atoms with Crippen LogP contribution in [-0.2, 0) is 0 Å². The lowest BCUT2D eigenvalue weighted by atomic mass is 9.47. The molecule has 0 bridgehead atoms. The topological polar surface area (TPSA) is 40.5 Å². The van der Waals surface area contributed by atoms with Gasteiger partial charge in [0, 0.05) is 0 Å². The van der Waals surface area contributed by atoms with E-state index in [4.69, 9.17) is 0 Å². The van der Waals surface area contributed by atoms with Gasteiger partial charge in [-0.05, 0) is 91.3 Å². The fourth-order valence-corrected chi connectivity index (χ4v) is 8.58. The molecule has 2 unspecified atom stereocenters. The van der Waals surface area contributed by atoms with Crippen molar-refractivity contribution < 1.29 is 10.2 Å². The van der Waals surface area contributed by atoms with Crippen LogP contribution < -0.4 is 0 Å². The van der Waals surface area contributed by atoms with E-state index >= 15 is 0 Å². The van der Waals surface area contributed by atoms with E-state index in [9.17, 15) is 10.2 Å². The quantitative estimate of drug-likeness (QED) is 0.525. The maximum absolute atomic E-state index is 11.1. The third kappa shape index (κ3) is 3.65. The average molecular weight is 403 g/mol. The predicted molar refractivity (Wildman–Crippen MR) is 120 cm³/mol. The number of rotatable bonds is 5. The normalized spacial score (nSPS) is 47.9.